The summed E-state index contributed by atoms with van der Waals surface area (Å²) in [5, 5.41) is 0. The van der Waals surface area contributed by atoms with E-state index in [2.05, 4.69) is 9.97 Å². The lowest BCUT2D eigenvalue weighted by Crippen LogP contribution is -2.12. The molecule has 22 heavy (non-hydrogen) atoms. The number of aromatic nitrogens is 2. The van der Waals surface area contributed by atoms with E-state index < -0.39 is 5.97 Å². The van der Waals surface area contributed by atoms with Gasteiger partial charge in [-0.15, -0.1) is 0 Å². The van der Waals surface area contributed by atoms with Gasteiger partial charge in [0.1, 0.15) is 0 Å². The number of ether oxygens (including phenoxy) is 1. The third kappa shape index (κ3) is 4.34. The molecule has 0 fully saturated rings. The number of hydrogen-bond acceptors (Lipinski definition) is 5. The first-order chi connectivity index (χ1) is 10.6. The topological polar surface area (TPSA) is 69.2 Å². The molecule has 0 aliphatic rings. The predicted octanol–water partition coefficient (Wildman–Crippen LogP) is 2.53. The van der Waals surface area contributed by atoms with E-state index in [1.54, 1.807) is 12.1 Å². The van der Waals surface area contributed by atoms with Crippen molar-refractivity contribution < 1.29 is 14.3 Å². The first-order valence-corrected chi connectivity index (χ1v) is 6.77. The summed E-state index contributed by atoms with van der Waals surface area (Å²) in [5.74, 6) is -0.827. The van der Waals surface area contributed by atoms with Gasteiger partial charge in [0.15, 0.2) is 12.4 Å². The predicted molar refractivity (Wildman–Crippen MR) is 82.3 cm³/mol. The Balaban J connectivity index is 1.89. The van der Waals surface area contributed by atoms with Crippen LogP contribution < -0.4 is 0 Å². The third-order valence-corrected chi connectivity index (χ3v) is 3.15. The van der Waals surface area contributed by atoms with Crippen molar-refractivity contribution in [1.82, 2.24) is 9.97 Å². The van der Waals surface area contributed by atoms with E-state index in [9.17, 15) is 9.59 Å². The minimum atomic E-state index is -0.595. The van der Waals surface area contributed by atoms with Crippen molar-refractivity contribution in [3.8, 4) is 0 Å². The van der Waals surface area contributed by atoms with Gasteiger partial charge in [0.05, 0.1) is 11.9 Å². The van der Waals surface area contributed by atoms with Crippen LogP contribution in [0, 0.1) is 13.8 Å². The van der Waals surface area contributed by atoms with Crippen LogP contribution in [0.15, 0.2) is 42.9 Å². The second-order valence-corrected chi connectivity index (χ2v) is 4.79. The Morgan fingerprint density at radius 3 is 2.68 bits per heavy atom. The maximum atomic E-state index is 12.0. The lowest BCUT2D eigenvalue weighted by molar-refractivity contribution is -0.136. The van der Waals surface area contributed by atoms with Gasteiger partial charge in [-0.2, -0.15) is 0 Å². The molecule has 0 radical (unpaired) electrons. The molecule has 0 aliphatic heterocycles. The number of carbonyl (C=O) groups is 2. The van der Waals surface area contributed by atoms with Crippen LogP contribution in [0.1, 0.15) is 27.2 Å². The Bertz CT molecular complexity index is 709. The summed E-state index contributed by atoms with van der Waals surface area (Å²) in [6.45, 7) is 3.62. The quantitative estimate of drug-likeness (QED) is 0.482. The smallest absolute Gasteiger partial charge is 0.331 e. The number of ketones is 1. The molecular formula is C17H16N2O3. The fourth-order valence-electron chi connectivity index (χ4n) is 1.73. The highest BCUT2D eigenvalue weighted by Gasteiger charge is 2.09. The molecule has 5 nitrogen and oxygen atoms in total. The van der Waals surface area contributed by atoms with E-state index >= 15 is 0 Å². The van der Waals surface area contributed by atoms with Crippen LogP contribution in [0.25, 0.3) is 6.08 Å². The summed E-state index contributed by atoms with van der Waals surface area (Å²) in [6.07, 6.45) is 7.28. The summed E-state index contributed by atoms with van der Waals surface area (Å²) in [4.78, 5) is 31.4. The lowest BCUT2D eigenvalue weighted by Gasteiger charge is -2.05. The second kappa shape index (κ2) is 7.26. The van der Waals surface area contributed by atoms with Gasteiger partial charge in [-0.3, -0.25) is 14.8 Å². The number of benzene rings is 1. The number of rotatable bonds is 5. The molecule has 0 bridgehead atoms. The number of aryl methyl sites for hydroxylation is 2. The van der Waals surface area contributed by atoms with E-state index in [1.807, 2.05) is 19.9 Å². The van der Waals surface area contributed by atoms with Crippen molar-refractivity contribution >= 4 is 17.8 Å². The van der Waals surface area contributed by atoms with Gasteiger partial charge in [0.25, 0.3) is 0 Å². The van der Waals surface area contributed by atoms with Crippen molar-refractivity contribution in [2.45, 2.75) is 13.8 Å². The van der Waals surface area contributed by atoms with Crippen molar-refractivity contribution in [1.29, 1.82) is 0 Å². The molecule has 0 unspecified atom stereocenters. The van der Waals surface area contributed by atoms with Gasteiger partial charge in [-0.1, -0.05) is 12.1 Å². The number of carbonyl (C=O) groups excluding carboxylic acids is 2. The third-order valence-electron chi connectivity index (χ3n) is 3.15. The average Bonchev–Trinajstić information content (AvgIpc) is 2.54. The Hall–Kier alpha value is -2.82. The normalized spacial score (nSPS) is 10.6. The summed E-state index contributed by atoms with van der Waals surface area (Å²) in [7, 11) is 0. The van der Waals surface area contributed by atoms with E-state index in [1.165, 1.54) is 30.7 Å². The Morgan fingerprint density at radius 2 is 2.00 bits per heavy atom. The molecule has 0 atom stereocenters. The Kier molecular flexibility index (Phi) is 5.14. The minimum Gasteiger partial charge on any atom is -0.454 e. The first kappa shape index (κ1) is 15.6. The molecule has 1 aromatic heterocycles. The van der Waals surface area contributed by atoms with Gasteiger partial charge < -0.3 is 4.74 Å². The van der Waals surface area contributed by atoms with Crippen LogP contribution in [0.2, 0.25) is 0 Å². The number of esters is 1. The molecule has 2 rings (SSSR count). The van der Waals surface area contributed by atoms with Crippen LogP contribution in [-0.2, 0) is 9.53 Å². The summed E-state index contributed by atoms with van der Waals surface area (Å²) in [5.41, 5.74) is 3.22. The standard InChI is InChI=1S/C17H16N2O3/c1-12-3-4-14(9-13(12)2)16(20)11-22-17(21)6-5-15-10-18-7-8-19-15/h3-10H,11H2,1-2H3/b6-5+. The van der Waals surface area contributed by atoms with Crippen LogP contribution in [0.4, 0.5) is 0 Å². The largest absolute Gasteiger partial charge is 0.454 e. The maximum Gasteiger partial charge on any atom is 0.331 e. The molecule has 0 spiro atoms. The summed E-state index contributed by atoms with van der Waals surface area (Å²) >= 11 is 0. The minimum absolute atomic E-state index is 0.232. The fourth-order valence-corrected chi connectivity index (χ4v) is 1.73. The Labute approximate surface area is 128 Å². The molecule has 0 amide bonds. The molecule has 2 aromatic rings. The monoisotopic (exact) mass is 296 g/mol. The van der Waals surface area contributed by atoms with Gasteiger partial charge in [0, 0.05) is 24.0 Å². The molecule has 0 saturated carbocycles. The van der Waals surface area contributed by atoms with Crippen molar-refractivity contribution in [3.63, 3.8) is 0 Å². The van der Waals surface area contributed by atoms with Crippen LogP contribution in [-0.4, -0.2) is 28.3 Å². The molecule has 0 saturated heterocycles. The Morgan fingerprint density at radius 1 is 1.18 bits per heavy atom. The van der Waals surface area contributed by atoms with Crippen LogP contribution in [0.3, 0.4) is 0 Å². The van der Waals surface area contributed by atoms with E-state index in [4.69, 9.17) is 4.74 Å². The molecule has 112 valence electrons. The molecule has 0 N–H and O–H groups in total. The van der Waals surface area contributed by atoms with Crippen molar-refractivity contribution in [3.05, 3.63) is 65.2 Å². The summed E-state index contributed by atoms with van der Waals surface area (Å²) < 4.78 is 4.93. The highest BCUT2D eigenvalue weighted by molar-refractivity contribution is 5.99. The molecule has 0 aliphatic carbocycles. The highest BCUT2D eigenvalue weighted by Crippen LogP contribution is 2.10. The van der Waals surface area contributed by atoms with Crippen LogP contribution >= 0.6 is 0 Å². The SMILES string of the molecule is Cc1ccc(C(=O)COC(=O)/C=C/c2cnccn2)cc1C. The molecule has 1 aromatic carbocycles. The van der Waals surface area contributed by atoms with Crippen LogP contribution in [0.5, 0.6) is 0 Å². The number of nitrogens with zero attached hydrogens (tertiary/aromatic N) is 2. The van der Waals surface area contributed by atoms with Gasteiger partial charge in [-0.25, -0.2) is 4.79 Å². The van der Waals surface area contributed by atoms with Crippen molar-refractivity contribution in [2.24, 2.45) is 0 Å². The van der Waals surface area contributed by atoms with Gasteiger partial charge in [0.2, 0.25) is 0 Å². The molecular weight excluding hydrogens is 280 g/mol. The number of hydrogen-bond donors (Lipinski definition) is 0. The van der Waals surface area contributed by atoms with E-state index in [-0.39, 0.29) is 12.4 Å². The van der Waals surface area contributed by atoms with E-state index in [0.29, 0.717) is 11.3 Å². The molecule has 5 heteroatoms. The second-order valence-electron chi connectivity index (χ2n) is 4.79. The van der Waals surface area contributed by atoms with Gasteiger partial charge in [-0.05, 0) is 37.1 Å². The average molecular weight is 296 g/mol. The zero-order valence-electron chi connectivity index (χ0n) is 12.4. The van der Waals surface area contributed by atoms with E-state index in [0.717, 1.165) is 11.1 Å². The number of Topliss-reactive ketones (excluding diaryl/α,β-unsaturated/α-hetero) is 1. The zero-order chi connectivity index (χ0) is 15.9. The zero-order valence-corrected chi connectivity index (χ0v) is 12.4. The highest BCUT2D eigenvalue weighted by atomic mass is 16.5. The molecule has 1 heterocycles. The first-order valence-electron chi connectivity index (χ1n) is 6.77. The van der Waals surface area contributed by atoms with Crippen molar-refractivity contribution in [2.75, 3.05) is 6.61 Å². The fraction of sp³-hybridized carbons (Fsp3) is 0.176. The maximum absolute atomic E-state index is 12.0. The lowest BCUT2D eigenvalue weighted by atomic mass is 10.0. The van der Waals surface area contributed by atoms with Gasteiger partial charge >= 0.3 is 5.97 Å². The summed E-state index contributed by atoms with van der Waals surface area (Å²) in [6, 6.07) is 5.40.